The Bertz CT molecular complexity index is 294. The first-order chi connectivity index (χ1) is 8.54. The minimum absolute atomic E-state index is 0.108. The molecule has 6 nitrogen and oxygen atoms in total. The zero-order valence-corrected chi connectivity index (χ0v) is 10.6. The van der Waals surface area contributed by atoms with Crippen molar-refractivity contribution in [2.45, 2.75) is 31.8 Å². The van der Waals surface area contributed by atoms with E-state index in [1.54, 1.807) is 0 Å². The first-order valence-electron chi connectivity index (χ1n) is 6.22. The van der Waals surface area contributed by atoms with Crippen LogP contribution in [0.3, 0.4) is 0 Å². The smallest absolute Gasteiger partial charge is 0.306 e. The lowest BCUT2D eigenvalue weighted by molar-refractivity contribution is -0.141. The summed E-state index contributed by atoms with van der Waals surface area (Å²) in [6.45, 7) is 0.637. The van der Waals surface area contributed by atoms with Crippen LogP contribution < -0.4 is 5.32 Å². The summed E-state index contributed by atoms with van der Waals surface area (Å²) in [5, 5.41) is 21.0. The summed E-state index contributed by atoms with van der Waals surface area (Å²) in [6, 6.07) is 0. The molecule has 1 aliphatic rings. The van der Waals surface area contributed by atoms with Gasteiger partial charge in [-0.1, -0.05) is 0 Å². The van der Waals surface area contributed by atoms with Crippen LogP contribution in [-0.2, 0) is 14.3 Å². The van der Waals surface area contributed by atoms with Gasteiger partial charge in [0.15, 0.2) is 0 Å². The van der Waals surface area contributed by atoms with E-state index in [4.69, 9.17) is 9.84 Å². The molecule has 0 radical (unpaired) electrons. The predicted molar refractivity (Wildman–Crippen MR) is 64.0 cm³/mol. The van der Waals surface area contributed by atoms with Crippen molar-refractivity contribution in [1.82, 2.24) is 5.32 Å². The summed E-state index contributed by atoms with van der Waals surface area (Å²) < 4.78 is 4.77. The van der Waals surface area contributed by atoms with Crippen LogP contribution in [0.15, 0.2) is 0 Å². The Hall–Kier alpha value is -1.14. The van der Waals surface area contributed by atoms with Crippen LogP contribution in [0.1, 0.15) is 25.7 Å². The lowest BCUT2D eigenvalue weighted by Gasteiger charge is -2.13. The highest BCUT2D eigenvalue weighted by atomic mass is 16.5. The van der Waals surface area contributed by atoms with Crippen LogP contribution in [0.4, 0.5) is 0 Å². The van der Waals surface area contributed by atoms with Gasteiger partial charge in [0.05, 0.1) is 18.6 Å². The third-order valence-electron chi connectivity index (χ3n) is 3.29. The number of amides is 1. The Kier molecular flexibility index (Phi) is 6.07. The lowest BCUT2D eigenvalue weighted by atomic mass is 10.0. The Balaban J connectivity index is 2.20. The monoisotopic (exact) mass is 259 g/mol. The van der Waals surface area contributed by atoms with Gasteiger partial charge in [0.2, 0.25) is 5.91 Å². The fraction of sp³-hybridized carbons (Fsp3) is 0.833. The number of hydrogen-bond donors (Lipinski definition) is 3. The molecule has 0 saturated heterocycles. The molecule has 0 aromatic rings. The van der Waals surface area contributed by atoms with Gasteiger partial charge in [-0.25, -0.2) is 0 Å². The molecule has 1 aliphatic carbocycles. The second-order valence-corrected chi connectivity index (χ2v) is 4.73. The van der Waals surface area contributed by atoms with Crippen molar-refractivity contribution >= 4 is 11.9 Å². The van der Waals surface area contributed by atoms with E-state index in [-0.39, 0.29) is 24.3 Å². The van der Waals surface area contributed by atoms with Gasteiger partial charge in [0.1, 0.15) is 0 Å². The van der Waals surface area contributed by atoms with E-state index in [2.05, 4.69) is 5.32 Å². The molecule has 0 aliphatic heterocycles. The summed E-state index contributed by atoms with van der Waals surface area (Å²) in [7, 11) is 1.51. The number of aliphatic hydroxyl groups is 1. The summed E-state index contributed by atoms with van der Waals surface area (Å²) in [4.78, 5) is 22.5. The second-order valence-electron chi connectivity index (χ2n) is 4.73. The van der Waals surface area contributed by atoms with E-state index in [0.717, 1.165) is 0 Å². The van der Waals surface area contributed by atoms with Crippen molar-refractivity contribution < 1.29 is 24.5 Å². The van der Waals surface area contributed by atoms with E-state index < -0.39 is 12.1 Å². The van der Waals surface area contributed by atoms with Gasteiger partial charge < -0.3 is 20.3 Å². The first-order valence-corrected chi connectivity index (χ1v) is 6.22. The molecule has 1 saturated carbocycles. The molecule has 6 heteroatoms. The van der Waals surface area contributed by atoms with E-state index >= 15 is 0 Å². The number of nitrogens with one attached hydrogen (secondary N) is 1. The van der Waals surface area contributed by atoms with Crippen molar-refractivity contribution in [2.24, 2.45) is 11.8 Å². The normalized spacial score (nSPS) is 24.8. The topological polar surface area (TPSA) is 95.9 Å². The minimum Gasteiger partial charge on any atom is -0.481 e. The van der Waals surface area contributed by atoms with Crippen LogP contribution in [0.5, 0.6) is 0 Å². The van der Waals surface area contributed by atoms with Crippen molar-refractivity contribution in [3.8, 4) is 0 Å². The largest absolute Gasteiger partial charge is 0.481 e. The molecule has 0 aromatic carbocycles. The number of carboxylic acid groups (broad SMARTS) is 1. The summed E-state index contributed by atoms with van der Waals surface area (Å²) in [5.74, 6) is -1.52. The Morgan fingerprint density at radius 3 is 2.61 bits per heavy atom. The maximum atomic E-state index is 11.7. The molecule has 0 heterocycles. The zero-order chi connectivity index (χ0) is 13.5. The third kappa shape index (κ3) is 4.62. The van der Waals surface area contributed by atoms with Crippen LogP contribution in [0.25, 0.3) is 0 Å². The van der Waals surface area contributed by atoms with Gasteiger partial charge in [-0.15, -0.1) is 0 Å². The van der Waals surface area contributed by atoms with E-state index in [0.29, 0.717) is 32.2 Å². The highest BCUT2D eigenvalue weighted by Crippen LogP contribution is 2.30. The number of methoxy groups -OCH3 is 1. The summed E-state index contributed by atoms with van der Waals surface area (Å²) in [5.41, 5.74) is 0. The SMILES string of the molecule is COCC(O)CCNC(=O)C1CCC(C(=O)O)C1. The maximum Gasteiger partial charge on any atom is 0.306 e. The first kappa shape index (κ1) is 14.9. The number of aliphatic carboxylic acids is 1. The second kappa shape index (κ2) is 7.33. The van der Waals surface area contributed by atoms with Gasteiger partial charge in [-0.3, -0.25) is 9.59 Å². The number of aliphatic hydroxyl groups excluding tert-OH is 1. The Morgan fingerprint density at radius 2 is 2.06 bits per heavy atom. The van der Waals surface area contributed by atoms with Crippen LogP contribution in [0, 0.1) is 11.8 Å². The minimum atomic E-state index is -0.819. The average molecular weight is 259 g/mol. The molecule has 0 spiro atoms. The van der Waals surface area contributed by atoms with Crippen molar-refractivity contribution in [3.63, 3.8) is 0 Å². The molecule has 0 bridgehead atoms. The van der Waals surface area contributed by atoms with Gasteiger partial charge in [-0.2, -0.15) is 0 Å². The number of rotatable bonds is 7. The Labute approximate surface area is 106 Å². The fourth-order valence-corrected chi connectivity index (χ4v) is 2.23. The molecule has 3 unspecified atom stereocenters. The number of hydrogen-bond acceptors (Lipinski definition) is 4. The van der Waals surface area contributed by atoms with E-state index in [1.807, 2.05) is 0 Å². The standard InChI is InChI=1S/C12H21NO5/c1-18-7-10(14)4-5-13-11(15)8-2-3-9(6-8)12(16)17/h8-10,14H,2-7H2,1H3,(H,13,15)(H,16,17). The number of ether oxygens (including phenoxy) is 1. The number of carbonyl (C=O) groups is 2. The Morgan fingerprint density at radius 1 is 1.39 bits per heavy atom. The average Bonchev–Trinajstić information content (AvgIpc) is 2.78. The molecule has 0 aromatic heterocycles. The highest BCUT2D eigenvalue weighted by Gasteiger charge is 2.33. The molecule has 3 N–H and O–H groups in total. The van der Waals surface area contributed by atoms with Crippen LogP contribution >= 0.6 is 0 Å². The van der Waals surface area contributed by atoms with Gasteiger partial charge >= 0.3 is 5.97 Å². The molecule has 1 fully saturated rings. The van der Waals surface area contributed by atoms with Crippen molar-refractivity contribution in [3.05, 3.63) is 0 Å². The third-order valence-corrected chi connectivity index (χ3v) is 3.29. The van der Waals surface area contributed by atoms with Gasteiger partial charge in [0, 0.05) is 19.6 Å². The lowest BCUT2D eigenvalue weighted by Crippen LogP contribution is -2.32. The van der Waals surface area contributed by atoms with Crippen LogP contribution in [0.2, 0.25) is 0 Å². The summed E-state index contributed by atoms with van der Waals surface area (Å²) in [6.07, 6.45) is 1.48. The quantitative estimate of drug-likeness (QED) is 0.598. The number of carbonyl (C=O) groups excluding carboxylic acids is 1. The van der Waals surface area contributed by atoms with Crippen molar-refractivity contribution in [1.29, 1.82) is 0 Å². The molecular formula is C12H21NO5. The molecular weight excluding hydrogens is 238 g/mol. The van der Waals surface area contributed by atoms with E-state index in [1.165, 1.54) is 7.11 Å². The summed E-state index contributed by atoms with van der Waals surface area (Å²) >= 11 is 0. The molecule has 18 heavy (non-hydrogen) atoms. The van der Waals surface area contributed by atoms with Gasteiger partial charge in [-0.05, 0) is 25.7 Å². The maximum absolute atomic E-state index is 11.7. The number of carboxylic acids is 1. The zero-order valence-electron chi connectivity index (χ0n) is 10.6. The molecule has 1 amide bonds. The molecule has 104 valence electrons. The predicted octanol–water partition coefficient (Wildman–Crippen LogP) is 0.000900. The molecule has 1 rings (SSSR count). The fourth-order valence-electron chi connectivity index (χ4n) is 2.23. The van der Waals surface area contributed by atoms with Crippen molar-refractivity contribution in [2.75, 3.05) is 20.3 Å². The molecule has 3 atom stereocenters. The van der Waals surface area contributed by atoms with Crippen LogP contribution in [-0.4, -0.2) is 48.5 Å². The highest BCUT2D eigenvalue weighted by molar-refractivity contribution is 5.80. The van der Waals surface area contributed by atoms with Gasteiger partial charge in [0.25, 0.3) is 0 Å². The van der Waals surface area contributed by atoms with E-state index in [9.17, 15) is 14.7 Å².